The van der Waals surface area contributed by atoms with E-state index < -0.39 is 22.5 Å². The van der Waals surface area contributed by atoms with E-state index in [1.165, 1.54) is 0 Å². The average molecular weight is 318 g/mol. The maximum absolute atomic E-state index is 12.0. The molecule has 6 heteroatoms. The molecule has 20 heavy (non-hydrogen) atoms. The van der Waals surface area contributed by atoms with E-state index in [0.29, 0.717) is 23.7 Å². The number of rotatable bonds is 5. The molecule has 1 rings (SSSR count). The topological polar surface area (TPSA) is 55.4 Å². The largest absolute Gasteiger partial charge is 0.444 e. The van der Waals surface area contributed by atoms with Crippen LogP contribution in [0.3, 0.4) is 0 Å². The molecule has 0 bridgehead atoms. The zero-order valence-corrected chi connectivity index (χ0v) is 13.5. The highest BCUT2D eigenvalue weighted by Crippen LogP contribution is 2.13. The van der Waals surface area contributed by atoms with Gasteiger partial charge in [-0.2, -0.15) is 0 Å². The minimum Gasteiger partial charge on any atom is -0.444 e. The number of halogens is 1. The van der Waals surface area contributed by atoms with Crippen molar-refractivity contribution in [2.45, 2.75) is 37.7 Å². The van der Waals surface area contributed by atoms with Gasteiger partial charge in [-0.3, -0.25) is 4.21 Å². The van der Waals surface area contributed by atoms with Crippen LogP contribution in [0.25, 0.3) is 0 Å². The summed E-state index contributed by atoms with van der Waals surface area (Å²) in [6.07, 6.45) is 0.170. The molecule has 0 saturated carbocycles. The third-order valence-corrected chi connectivity index (χ3v) is 3.96. The molecule has 0 saturated heterocycles. The van der Waals surface area contributed by atoms with Crippen LogP contribution in [-0.2, 0) is 15.5 Å². The van der Waals surface area contributed by atoms with E-state index in [1.807, 2.05) is 20.8 Å². The van der Waals surface area contributed by atoms with Gasteiger partial charge in [0.15, 0.2) is 0 Å². The molecule has 112 valence electrons. The van der Waals surface area contributed by atoms with Crippen molar-refractivity contribution < 1.29 is 13.7 Å². The molecule has 1 aromatic rings. The molecule has 0 aliphatic rings. The summed E-state index contributed by atoms with van der Waals surface area (Å²) in [5, 5.41) is 3.26. The third kappa shape index (κ3) is 6.91. The summed E-state index contributed by atoms with van der Waals surface area (Å²) in [7, 11) is -1.08. The predicted molar refractivity (Wildman–Crippen MR) is 81.6 cm³/mol. The van der Waals surface area contributed by atoms with Gasteiger partial charge in [0.05, 0.1) is 10.8 Å². The molecule has 0 aliphatic carbocycles. The summed E-state index contributed by atoms with van der Waals surface area (Å²) in [5.41, 5.74) is -0.504. The van der Waals surface area contributed by atoms with Crippen molar-refractivity contribution in [1.82, 2.24) is 5.32 Å². The second-order valence-electron chi connectivity index (χ2n) is 5.29. The highest BCUT2D eigenvalue weighted by molar-refractivity contribution is 7.85. The van der Waals surface area contributed by atoms with Gasteiger partial charge in [-0.05, 0) is 51.5 Å². The standard InChI is InChI=1S/C14H20ClNO3S/c1-14(2,3)19-13(17)16-9-4-10-20(18)12-7-5-11(15)6-8-12/h5-8H,4,9-10H2,1-3H3,(H,16,17). The Balaban J connectivity index is 2.26. The van der Waals surface area contributed by atoms with E-state index >= 15 is 0 Å². The molecular formula is C14H20ClNO3S. The summed E-state index contributed by atoms with van der Waals surface area (Å²) in [5.74, 6) is 0.484. The Morgan fingerprint density at radius 3 is 2.45 bits per heavy atom. The van der Waals surface area contributed by atoms with Crippen molar-refractivity contribution in [3.8, 4) is 0 Å². The summed E-state index contributed by atoms with van der Waals surface area (Å²) in [6, 6.07) is 6.93. The number of hydrogen-bond acceptors (Lipinski definition) is 3. The minimum atomic E-state index is -1.08. The van der Waals surface area contributed by atoms with Gasteiger partial charge in [-0.25, -0.2) is 4.79 Å². The Labute approximate surface area is 127 Å². The Hall–Kier alpha value is -1.07. The first-order valence-electron chi connectivity index (χ1n) is 6.39. The van der Waals surface area contributed by atoms with E-state index in [9.17, 15) is 9.00 Å². The van der Waals surface area contributed by atoms with Gasteiger partial charge in [-0.1, -0.05) is 11.6 Å². The van der Waals surface area contributed by atoms with Crippen LogP contribution in [0, 0.1) is 0 Å². The summed E-state index contributed by atoms with van der Waals surface area (Å²) < 4.78 is 17.1. The van der Waals surface area contributed by atoms with Crippen LogP contribution in [0.4, 0.5) is 4.79 Å². The van der Waals surface area contributed by atoms with Crippen LogP contribution < -0.4 is 5.32 Å². The molecule has 1 N–H and O–H groups in total. The summed E-state index contributed by atoms with van der Waals surface area (Å²) in [6.45, 7) is 5.86. The van der Waals surface area contributed by atoms with Gasteiger partial charge in [0.1, 0.15) is 5.60 Å². The molecule has 0 aliphatic heterocycles. The first-order chi connectivity index (χ1) is 9.28. The molecule has 1 unspecified atom stereocenters. The van der Waals surface area contributed by atoms with Crippen molar-refractivity contribution in [2.24, 2.45) is 0 Å². The fraction of sp³-hybridized carbons (Fsp3) is 0.500. The van der Waals surface area contributed by atoms with Crippen LogP contribution in [-0.4, -0.2) is 28.2 Å². The number of hydrogen-bond donors (Lipinski definition) is 1. The molecule has 0 spiro atoms. The maximum Gasteiger partial charge on any atom is 0.407 e. The van der Waals surface area contributed by atoms with Crippen LogP contribution in [0.2, 0.25) is 5.02 Å². The lowest BCUT2D eigenvalue weighted by Crippen LogP contribution is -2.33. The van der Waals surface area contributed by atoms with Crippen LogP contribution in [0.5, 0.6) is 0 Å². The first kappa shape index (κ1) is 17.0. The summed E-state index contributed by atoms with van der Waals surface area (Å²) in [4.78, 5) is 12.1. The zero-order valence-electron chi connectivity index (χ0n) is 11.9. The van der Waals surface area contributed by atoms with Crippen molar-refractivity contribution in [3.63, 3.8) is 0 Å². The van der Waals surface area contributed by atoms with E-state index in [4.69, 9.17) is 16.3 Å². The number of benzene rings is 1. The molecule has 1 atom stereocenters. The van der Waals surface area contributed by atoms with Gasteiger partial charge in [-0.15, -0.1) is 0 Å². The van der Waals surface area contributed by atoms with Crippen LogP contribution >= 0.6 is 11.6 Å². The molecular weight excluding hydrogens is 298 g/mol. The molecule has 4 nitrogen and oxygen atoms in total. The molecule has 1 aromatic carbocycles. The highest BCUT2D eigenvalue weighted by atomic mass is 35.5. The normalized spacial score (nSPS) is 12.8. The van der Waals surface area contributed by atoms with Crippen molar-refractivity contribution in [2.75, 3.05) is 12.3 Å². The second kappa shape index (κ2) is 7.64. The van der Waals surface area contributed by atoms with E-state index in [0.717, 1.165) is 4.90 Å². The number of amides is 1. The van der Waals surface area contributed by atoms with E-state index in [1.54, 1.807) is 24.3 Å². The lowest BCUT2D eigenvalue weighted by molar-refractivity contribution is 0.0528. The fourth-order valence-electron chi connectivity index (χ4n) is 1.41. The van der Waals surface area contributed by atoms with Gasteiger partial charge in [0, 0.05) is 22.2 Å². The smallest absolute Gasteiger partial charge is 0.407 e. The average Bonchev–Trinajstić information content (AvgIpc) is 2.33. The Morgan fingerprint density at radius 1 is 1.30 bits per heavy atom. The SMILES string of the molecule is CC(C)(C)OC(=O)NCCCS(=O)c1ccc(Cl)cc1. The van der Waals surface area contributed by atoms with Gasteiger partial charge < -0.3 is 10.1 Å². The fourth-order valence-corrected chi connectivity index (χ4v) is 2.62. The number of nitrogens with one attached hydrogen (secondary N) is 1. The molecule has 0 radical (unpaired) electrons. The number of carbonyl (C=O) groups is 1. The Bertz CT molecular complexity index is 468. The lowest BCUT2D eigenvalue weighted by Gasteiger charge is -2.19. The lowest BCUT2D eigenvalue weighted by atomic mass is 10.2. The number of carbonyl (C=O) groups excluding carboxylic acids is 1. The van der Waals surface area contributed by atoms with Gasteiger partial charge >= 0.3 is 6.09 Å². The molecule has 0 aromatic heterocycles. The van der Waals surface area contributed by atoms with Gasteiger partial charge in [0.25, 0.3) is 0 Å². The minimum absolute atomic E-state index is 0.439. The quantitative estimate of drug-likeness (QED) is 0.847. The van der Waals surface area contributed by atoms with Crippen molar-refractivity contribution in [1.29, 1.82) is 0 Å². The Morgan fingerprint density at radius 2 is 1.90 bits per heavy atom. The highest BCUT2D eigenvalue weighted by Gasteiger charge is 2.15. The second-order valence-corrected chi connectivity index (χ2v) is 7.29. The van der Waals surface area contributed by atoms with Gasteiger partial charge in [0.2, 0.25) is 0 Å². The molecule has 0 heterocycles. The summed E-state index contributed by atoms with van der Waals surface area (Å²) >= 11 is 5.77. The van der Waals surface area contributed by atoms with E-state index in [-0.39, 0.29) is 0 Å². The number of alkyl carbamates (subject to hydrolysis) is 1. The van der Waals surface area contributed by atoms with Crippen LogP contribution in [0.1, 0.15) is 27.2 Å². The van der Waals surface area contributed by atoms with Crippen molar-refractivity contribution >= 4 is 28.5 Å². The van der Waals surface area contributed by atoms with E-state index in [2.05, 4.69) is 5.32 Å². The third-order valence-electron chi connectivity index (χ3n) is 2.25. The van der Waals surface area contributed by atoms with Crippen molar-refractivity contribution in [3.05, 3.63) is 29.3 Å². The first-order valence-corrected chi connectivity index (χ1v) is 8.08. The predicted octanol–water partition coefficient (Wildman–Crippen LogP) is 3.36. The number of ether oxygens (including phenoxy) is 1. The van der Waals surface area contributed by atoms with Crippen LogP contribution in [0.15, 0.2) is 29.2 Å². The molecule has 1 amide bonds. The zero-order chi connectivity index (χ0) is 15.2. The molecule has 0 fully saturated rings. The maximum atomic E-state index is 12.0. The monoisotopic (exact) mass is 317 g/mol. The Kier molecular flexibility index (Phi) is 6.49.